The molecule has 22 heavy (non-hydrogen) atoms. The first-order chi connectivity index (χ1) is 10.5. The number of nitrogens with zero attached hydrogens (tertiary/aromatic N) is 3. The van der Waals surface area contributed by atoms with Crippen LogP contribution in [0, 0.1) is 6.92 Å². The van der Waals surface area contributed by atoms with Crippen LogP contribution in [0.3, 0.4) is 0 Å². The van der Waals surface area contributed by atoms with E-state index in [9.17, 15) is 13.6 Å². The maximum Gasteiger partial charge on any atom is 0.327 e. The lowest BCUT2D eigenvalue weighted by atomic mass is 10.1. The van der Waals surface area contributed by atoms with Crippen molar-refractivity contribution < 1.29 is 18.3 Å². The van der Waals surface area contributed by atoms with Gasteiger partial charge in [-0.1, -0.05) is 0 Å². The lowest BCUT2D eigenvalue weighted by Gasteiger charge is -2.07. The fourth-order valence-corrected chi connectivity index (χ4v) is 2.61. The molecule has 3 rings (SSSR count). The Balaban J connectivity index is 2.11. The topological polar surface area (TPSA) is 57.0 Å². The summed E-state index contributed by atoms with van der Waals surface area (Å²) in [5, 5.41) is 4.53. The van der Waals surface area contributed by atoms with Gasteiger partial charge in [0.2, 0.25) is 0 Å². The van der Waals surface area contributed by atoms with E-state index in [2.05, 4.69) is 10.1 Å². The first-order valence-electron chi connectivity index (χ1n) is 7.33. The quantitative estimate of drug-likeness (QED) is 0.796. The van der Waals surface area contributed by atoms with Gasteiger partial charge in [0, 0.05) is 17.2 Å². The molecule has 1 fully saturated rings. The molecule has 118 valence electrons. The molecule has 0 aliphatic heterocycles. The number of aromatic nitrogens is 3. The van der Waals surface area contributed by atoms with Crippen LogP contribution in [0.5, 0.6) is 0 Å². The van der Waals surface area contributed by atoms with E-state index in [0.717, 1.165) is 12.8 Å². The molecule has 0 atom stereocenters. The predicted octanol–water partition coefficient (Wildman–Crippen LogP) is 3.12. The van der Waals surface area contributed by atoms with Crippen LogP contribution in [-0.4, -0.2) is 27.3 Å². The average Bonchev–Trinajstić information content (AvgIpc) is 3.25. The summed E-state index contributed by atoms with van der Waals surface area (Å²) in [4.78, 5) is 16.1. The van der Waals surface area contributed by atoms with E-state index in [1.165, 1.54) is 10.7 Å². The zero-order valence-electron chi connectivity index (χ0n) is 12.5. The number of aryl methyl sites for hydroxylation is 1. The Morgan fingerprint density at radius 1 is 1.50 bits per heavy atom. The van der Waals surface area contributed by atoms with Crippen LogP contribution in [-0.2, 0) is 16.1 Å². The molecule has 0 radical (unpaired) electrons. The summed E-state index contributed by atoms with van der Waals surface area (Å²) in [7, 11) is 0. The van der Waals surface area contributed by atoms with Gasteiger partial charge < -0.3 is 4.74 Å². The third-order valence-electron chi connectivity index (χ3n) is 3.74. The van der Waals surface area contributed by atoms with Gasteiger partial charge in [-0.2, -0.15) is 5.10 Å². The van der Waals surface area contributed by atoms with Crippen molar-refractivity contribution >= 4 is 17.0 Å². The van der Waals surface area contributed by atoms with Gasteiger partial charge in [-0.05, 0) is 32.8 Å². The summed E-state index contributed by atoms with van der Waals surface area (Å²) in [6.45, 7) is 3.50. The van der Waals surface area contributed by atoms with Crippen LogP contribution in [0.1, 0.15) is 49.1 Å². The van der Waals surface area contributed by atoms with Gasteiger partial charge in [-0.15, -0.1) is 0 Å². The first-order valence-corrected chi connectivity index (χ1v) is 7.33. The maximum atomic E-state index is 13.4. The molecule has 0 N–H and O–H groups in total. The van der Waals surface area contributed by atoms with Crippen LogP contribution in [0.2, 0.25) is 0 Å². The molecule has 0 unspecified atom stereocenters. The van der Waals surface area contributed by atoms with Gasteiger partial charge in [0.1, 0.15) is 6.54 Å². The zero-order chi connectivity index (χ0) is 15.9. The van der Waals surface area contributed by atoms with Crippen molar-refractivity contribution in [3.63, 3.8) is 0 Å². The van der Waals surface area contributed by atoms with Gasteiger partial charge in [-0.25, -0.2) is 18.4 Å². The van der Waals surface area contributed by atoms with Crippen molar-refractivity contribution in [2.45, 2.75) is 45.6 Å². The number of pyridine rings is 1. The summed E-state index contributed by atoms with van der Waals surface area (Å²) >= 11 is 0. The number of esters is 1. The van der Waals surface area contributed by atoms with Gasteiger partial charge in [0.05, 0.1) is 17.7 Å². The number of ether oxygens (including phenoxy) is 1. The molecule has 2 aromatic heterocycles. The number of hydrogen-bond donors (Lipinski definition) is 0. The second-order valence-corrected chi connectivity index (χ2v) is 5.46. The molecule has 0 spiro atoms. The highest BCUT2D eigenvalue weighted by Gasteiger charge is 2.29. The number of fused-ring (bicyclic) bond motifs is 1. The molecule has 7 heteroatoms. The Hall–Kier alpha value is -2.05. The van der Waals surface area contributed by atoms with Crippen LogP contribution in [0.4, 0.5) is 8.78 Å². The summed E-state index contributed by atoms with van der Waals surface area (Å²) in [6, 6.07) is 1.48. The summed E-state index contributed by atoms with van der Waals surface area (Å²) in [5.41, 5.74) is 1.39. The lowest BCUT2D eigenvalue weighted by Crippen LogP contribution is -2.15. The Kier molecular flexibility index (Phi) is 3.80. The molecule has 0 saturated heterocycles. The molecule has 5 nitrogen and oxygen atoms in total. The minimum atomic E-state index is -2.60. The third kappa shape index (κ3) is 2.67. The van der Waals surface area contributed by atoms with Gasteiger partial charge in [-0.3, -0.25) is 4.79 Å². The summed E-state index contributed by atoms with van der Waals surface area (Å²) < 4.78 is 33.0. The number of alkyl halides is 2. The minimum Gasteiger partial charge on any atom is -0.465 e. The molecule has 0 aromatic carbocycles. The molecule has 1 aliphatic rings. The van der Waals surface area contributed by atoms with E-state index >= 15 is 0 Å². The summed E-state index contributed by atoms with van der Waals surface area (Å²) in [5.74, 6) is -0.211. The zero-order valence-corrected chi connectivity index (χ0v) is 12.5. The van der Waals surface area contributed by atoms with Crippen molar-refractivity contribution in [2.75, 3.05) is 6.61 Å². The molecule has 0 bridgehead atoms. The van der Waals surface area contributed by atoms with Crippen molar-refractivity contribution in [3.05, 3.63) is 23.0 Å². The number of rotatable bonds is 5. The van der Waals surface area contributed by atoms with Crippen molar-refractivity contribution in [1.29, 1.82) is 0 Å². The second-order valence-electron chi connectivity index (χ2n) is 5.46. The van der Waals surface area contributed by atoms with Gasteiger partial charge in [0.25, 0.3) is 6.43 Å². The number of halogens is 2. The Bertz CT molecular complexity index is 723. The molecule has 1 aliphatic carbocycles. The Labute approximate surface area is 126 Å². The van der Waals surface area contributed by atoms with Crippen LogP contribution >= 0.6 is 0 Å². The minimum absolute atomic E-state index is 0.0560. The highest BCUT2D eigenvalue weighted by molar-refractivity contribution is 5.84. The molecule has 0 amide bonds. The number of carbonyl (C=O) groups is 1. The number of hydrogen-bond acceptors (Lipinski definition) is 4. The van der Waals surface area contributed by atoms with Gasteiger partial charge in [0.15, 0.2) is 5.65 Å². The largest absolute Gasteiger partial charge is 0.465 e. The van der Waals surface area contributed by atoms with E-state index in [1.807, 2.05) is 0 Å². The van der Waals surface area contributed by atoms with Crippen LogP contribution in [0.25, 0.3) is 11.0 Å². The SMILES string of the molecule is CCOC(=O)Cn1nc(C)c2c(C(F)F)cc(C3CC3)nc21. The Morgan fingerprint density at radius 3 is 2.82 bits per heavy atom. The molecular formula is C15H17F2N3O2. The predicted molar refractivity (Wildman–Crippen MR) is 75.8 cm³/mol. The number of carbonyl (C=O) groups excluding carboxylic acids is 1. The lowest BCUT2D eigenvalue weighted by molar-refractivity contribution is -0.143. The fraction of sp³-hybridized carbons (Fsp3) is 0.533. The molecule has 2 aromatic rings. The highest BCUT2D eigenvalue weighted by Crippen LogP contribution is 2.41. The normalized spacial score (nSPS) is 14.8. The Morgan fingerprint density at radius 2 is 2.23 bits per heavy atom. The smallest absolute Gasteiger partial charge is 0.327 e. The average molecular weight is 309 g/mol. The van der Waals surface area contributed by atoms with Gasteiger partial charge >= 0.3 is 5.97 Å². The fourth-order valence-electron chi connectivity index (χ4n) is 2.61. The second kappa shape index (κ2) is 5.62. The van der Waals surface area contributed by atoms with E-state index < -0.39 is 12.4 Å². The van der Waals surface area contributed by atoms with Crippen molar-refractivity contribution in [3.8, 4) is 0 Å². The monoisotopic (exact) mass is 309 g/mol. The molecule has 1 saturated carbocycles. The molecular weight excluding hydrogens is 292 g/mol. The third-order valence-corrected chi connectivity index (χ3v) is 3.74. The van der Waals surface area contributed by atoms with Crippen molar-refractivity contribution in [1.82, 2.24) is 14.8 Å². The van der Waals surface area contributed by atoms with Crippen LogP contribution in [0.15, 0.2) is 6.07 Å². The standard InChI is InChI=1S/C15H17F2N3O2/c1-3-22-12(21)7-20-15-13(8(2)19-20)10(14(16)17)6-11(18-15)9-4-5-9/h6,9,14H,3-5,7H2,1-2H3. The van der Waals surface area contributed by atoms with E-state index in [0.29, 0.717) is 22.4 Å². The van der Waals surface area contributed by atoms with E-state index in [-0.39, 0.29) is 24.6 Å². The van der Waals surface area contributed by atoms with E-state index in [1.54, 1.807) is 13.8 Å². The van der Waals surface area contributed by atoms with Crippen molar-refractivity contribution in [2.24, 2.45) is 0 Å². The maximum absolute atomic E-state index is 13.4. The molecule has 2 heterocycles. The first kappa shape index (κ1) is 14.9. The van der Waals surface area contributed by atoms with Crippen LogP contribution < -0.4 is 0 Å². The van der Waals surface area contributed by atoms with E-state index in [4.69, 9.17) is 4.74 Å². The highest BCUT2D eigenvalue weighted by atomic mass is 19.3. The summed E-state index contributed by atoms with van der Waals surface area (Å²) in [6.07, 6.45) is -0.666.